The molecular weight excluding hydrogens is 428 g/mol. The van der Waals surface area contributed by atoms with Crippen LogP contribution in [0.15, 0.2) is 23.1 Å². The van der Waals surface area contributed by atoms with Crippen LogP contribution < -0.4 is 5.32 Å². The highest BCUT2D eigenvalue weighted by molar-refractivity contribution is 7.89. The molecule has 0 aliphatic carbocycles. The molecule has 2 amide bonds. The maximum absolute atomic E-state index is 13.0. The predicted octanol–water partition coefficient (Wildman–Crippen LogP) is 1.76. The maximum Gasteiger partial charge on any atom is 0.243 e. The number of benzene rings is 1. The van der Waals surface area contributed by atoms with Crippen molar-refractivity contribution in [2.75, 3.05) is 45.8 Å². The van der Waals surface area contributed by atoms with Crippen LogP contribution in [0, 0.1) is 13.8 Å². The molecule has 1 aromatic rings. The molecule has 1 heterocycles. The summed E-state index contributed by atoms with van der Waals surface area (Å²) < 4.78 is 27.5. The van der Waals surface area contributed by atoms with Crippen molar-refractivity contribution in [3.63, 3.8) is 0 Å². The van der Waals surface area contributed by atoms with Gasteiger partial charge in [-0.15, -0.1) is 0 Å². The van der Waals surface area contributed by atoms with Crippen LogP contribution >= 0.6 is 0 Å². The molecule has 1 aliphatic heterocycles. The molecule has 0 aromatic heterocycles. The van der Waals surface area contributed by atoms with E-state index in [1.54, 1.807) is 17.9 Å². The highest BCUT2D eigenvalue weighted by atomic mass is 32.2. The molecule has 0 radical (unpaired) electrons. The second-order valence-electron chi connectivity index (χ2n) is 8.63. The van der Waals surface area contributed by atoms with Gasteiger partial charge in [-0.1, -0.05) is 19.1 Å². The number of nitrogens with zero attached hydrogens (tertiary/aromatic N) is 3. The molecule has 1 N–H and O–H groups in total. The van der Waals surface area contributed by atoms with Crippen LogP contribution in [-0.4, -0.2) is 86.2 Å². The highest BCUT2D eigenvalue weighted by Gasteiger charge is 2.31. The summed E-state index contributed by atoms with van der Waals surface area (Å²) in [5.41, 5.74) is 1.61. The van der Waals surface area contributed by atoms with Gasteiger partial charge in [0.2, 0.25) is 21.8 Å². The standard InChI is InChI=1S/C23H38N4O4S/c1-6-25(18(2)3)12-11-24-22(28)9-10-23(29)26-13-15-27(16-14-26)32(30,31)21-17-19(4)7-8-20(21)5/h7-8,17-18H,6,9-16H2,1-5H3,(H,24,28). The number of hydrogen-bond donors (Lipinski definition) is 1. The van der Waals surface area contributed by atoms with Gasteiger partial charge in [-0.05, 0) is 51.4 Å². The molecule has 9 heteroatoms. The lowest BCUT2D eigenvalue weighted by Crippen LogP contribution is -2.50. The molecule has 0 saturated carbocycles. The second kappa shape index (κ2) is 11.8. The average molecular weight is 467 g/mol. The molecule has 32 heavy (non-hydrogen) atoms. The Bertz CT molecular complexity index is 893. The van der Waals surface area contributed by atoms with E-state index >= 15 is 0 Å². The molecule has 2 rings (SSSR count). The number of aryl methyl sites for hydroxylation is 2. The first-order chi connectivity index (χ1) is 15.1. The van der Waals surface area contributed by atoms with Gasteiger partial charge in [0.05, 0.1) is 4.90 Å². The molecule has 1 saturated heterocycles. The number of nitrogens with one attached hydrogen (secondary N) is 1. The normalized spacial score (nSPS) is 15.4. The summed E-state index contributed by atoms with van der Waals surface area (Å²) in [6.45, 7) is 13.5. The van der Waals surface area contributed by atoms with E-state index in [9.17, 15) is 18.0 Å². The summed E-state index contributed by atoms with van der Waals surface area (Å²) in [6.07, 6.45) is 0.283. The van der Waals surface area contributed by atoms with Gasteiger partial charge in [-0.2, -0.15) is 4.31 Å². The topological polar surface area (TPSA) is 90.0 Å². The van der Waals surface area contributed by atoms with E-state index in [1.165, 1.54) is 4.31 Å². The summed E-state index contributed by atoms with van der Waals surface area (Å²) in [5.74, 6) is -0.240. The molecule has 8 nitrogen and oxygen atoms in total. The Kier molecular flexibility index (Phi) is 9.66. The molecule has 1 fully saturated rings. The molecule has 0 bridgehead atoms. The van der Waals surface area contributed by atoms with E-state index in [2.05, 4.69) is 31.0 Å². The number of piperazine rings is 1. The number of likely N-dealkylation sites (N-methyl/N-ethyl adjacent to an activating group) is 1. The van der Waals surface area contributed by atoms with Crippen molar-refractivity contribution in [1.82, 2.24) is 19.4 Å². The molecule has 1 aromatic carbocycles. The fourth-order valence-corrected chi connectivity index (χ4v) is 5.62. The van der Waals surface area contributed by atoms with E-state index in [1.807, 2.05) is 19.1 Å². The van der Waals surface area contributed by atoms with Crippen molar-refractivity contribution in [2.45, 2.75) is 58.4 Å². The number of carbonyl (C=O) groups is 2. The Balaban J connectivity index is 1.79. The van der Waals surface area contributed by atoms with E-state index in [4.69, 9.17) is 0 Å². The lowest BCUT2D eigenvalue weighted by atomic mass is 10.2. The van der Waals surface area contributed by atoms with Gasteiger partial charge in [0.15, 0.2) is 0 Å². The van der Waals surface area contributed by atoms with E-state index in [0.717, 1.165) is 24.2 Å². The van der Waals surface area contributed by atoms with Crippen molar-refractivity contribution in [2.24, 2.45) is 0 Å². The third kappa shape index (κ3) is 7.02. The Labute approximate surface area is 193 Å². The largest absolute Gasteiger partial charge is 0.355 e. The number of sulfonamides is 1. The van der Waals surface area contributed by atoms with E-state index < -0.39 is 10.0 Å². The SMILES string of the molecule is CCN(CCNC(=O)CCC(=O)N1CCN(S(=O)(=O)c2cc(C)ccc2C)CC1)C(C)C. The summed E-state index contributed by atoms with van der Waals surface area (Å²) in [5, 5.41) is 2.88. The molecule has 180 valence electrons. The van der Waals surface area contributed by atoms with Crippen LogP contribution in [0.25, 0.3) is 0 Å². The quantitative estimate of drug-likeness (QED) is 0.568. The molecular formula is C23H38N4O4S. The Morgan fingerprint density at radius 2 is 1.75 bits per heavy atom. The molecule has 1 aliphatic rings. The van der Waals surface area contributed by atoms with Crippen molar-refractivity contribution in [1.29, 1.82) is 0 Å². The van der Waals surface area contributed by atoms with Crippen LogP contribution in [0.1, 0.15) is 44.7 Å². The maximum atomic E-state index is 13.0. The van der Waals surface area contributed by atoms with Gasteiger partial charge < -0.3 is 10.2 Å². The van der Waals surface area contributed by atoms with E-state index in [0.29, 0.717) is 30.6 Å². The number of amides is 2. The first-order valence-corrected chi connectivity index (χ1v) is 12.9. The third-order valence-corrected chi connectivity index (χ3v) is 8.02. The Hall–Kier alpha value is -1.97. The number of rotatable bonds is 10. The lowest BCUT2D eigenvalue weighted by molar-refractivity contribution is -0.134. The third-order valence-electron chi connectivity index (χ3n) is 5.98. The molecule has 0 unspecified atom stereocenters. The average Bonchev–Trinajstić information content (AvgIpc) is 2.76. The van der Waals surface area contributed by atoms with Crippen LogP contribution in [0.2, 0.25) is 0 Å². The van der Waals surface area contributed by atoms with Gasteiger partial charge in [-0.3, -0.25) is 14.5 Å². The zero-order valence-electron chi connectivity index (χ0n) is 20.1. The smallest absolute Gasteiger partial charge is 0.243 e. The fraction of sp³-hybridized carbons (Fsp3) is 0.652. The monoisotopic (exact) mass is 466 g/mol. The Morgan fingerprint density at radius 1 is 1.09 bits per heavy atom. The van der Waals surface area contributed by atoms with Crippen molar-refractivity contribution in [3.8, 4) is 0 Å². The fourth-order valence-electron chi connectivity index (χ4n) is 3.89. The minimum absolute atomic E-state index is 0.110. The summed E-state index contributed by atoms with van der Waals surface area (Å²) in [6, 6.07) is 5.83. The van der Waals surface area contributed by atoms with Crippen molar-refractivity contribution in [3.05, 3.63) is 29.3 Å². The first-order valence-electron chi connectivity index (χ1n) is 11.4. The summed E-state index contributed by atoms with van der Waals surface area (Å²) in [7, 11) is -3.59. The van der Waals surface area contributed by atoms with Crippen LogP contribution in [0.3, 0.4) is 0 Å². The second-order valence-corrected chi connectivity index (χ2v) is 10.5. The summed E-state index contributed by atoms with van der Waals surface area (Å²) in [4.78, 5) is 28.8. The molecule has 0 spiro atoms. The van der Waals surface area contributed by atoms with Gasteiger partial charge in [-0.25, -0.2) is 8.42 Å². The van der Waals surface area contributed by atoms with Gasteiger partial charge in [0.1, 0.15) is 0 Å². The number of carbonyl (C=O) groups excluding carboxylic acids is 2. The van der Waals surface area contributed by atoms with Crippen LogP contribution in [-0.2, 0) is 19.6 Å². The van der Waals surface area contributed by atoms with E-state index in [-0.39, 0.29) is 37.7 Å². The predicted molar refractivity (Wildman–Crippen MR) is 126 cm³/mol. The summed E-state index contributed by atoms with van der Waals surface area (Å²) >= 11 is 0. The van der Waals surface area contributed by atoms with Crippen LogP contribution in [0.4, 0.5) is 0 Å². The minimum Gasteiger partial charge on any atom is -0.355 e. The minimum atomic E-state index is -3.59. The van der Waals surface area contributed by atoms with Crippen molar-refractivity contribution < 1.29 is 18.0 Å². The van der Waals surface area contributed by atoms with Gasteiger partial charge >= 0.3 is 0 Å². The lowest BCUT2D eigenvalue weighted by Gasteiger charge is -2.34. The zero-order chi connectivity index (χ0) is 23.9. The highest BCUT2D eigenvalue weighted by Crippen LogP contribution is 2.22. The van der Waals surface area contributed by atoms with Gasteiger partial charge in [0, 0.05) is 58.2 Å². The zero-order valence-corrected chi connectivity index (χ0v) is 20.9. The molecule has 0 atom stereocenters. The Morgan fingerprint density at radius 3 is 2.34 bits per heavy atom. The van der Waals surface area contributed by atoms with Crippen LogP contribution in [0.5, 0.6) is 0 Å². The number of hydrogen-bond acceptors (Lipinski definition) is 5. The van der Waals surface area contributed by atoms with Crippen molar-refractivity contribution >= 4 is 21.8 Å². The van der Waals surface area contributed by atoms with Gasteiger partial charge in [0.25, 0.3) is 0 Å². The first kappa shape index (κ1) is 26.3.